The minimum absolute atomic E-state index is 0.394. The van der Waals surface area contributed by atoms with Crippen molar-refractivity contribution >= 4 is 27.3 Å². The van der Waals surface area contributed by atoms with Gasteiger partial charge in [-0.25, -0.2) is 0 Å². The number of nitrogens with one attached hydrogen (secondary N) is 1. The molecule has 0 aliphatic heterocycles. The van der Waals surface area contributed by atoms with Crippen molar-refractivity contribution in [2.24, 2.45) is 0 Å². The molecular weight excluding hydrogens is 330 g/mol. The summed E-state index contributed by atoms with van der Waals surface area (Å²) in [6, 6.07) is 11.9. The Kier molecular flexibility index (Phi) is 4.29. The average Bonchev–Trinajstić information content (AvgIpc) is 2.80. The zero-order valence-corrected chi connectivity index (χ0v) is 14.4. The molecule has 1 heterocycles. The van der Waals surface area contributed by atoms with Crippen LogP contribution in [0.5, 0.6) is 0 Å². The molecule has 1 aromatic heterocycles. The molecule has 0 spiro atoms. The first-order chi connectivity index (χ1) is 9.65. The van der Waals surface area contributed by atoms with Crippen LogP contribution in [0, 0.1) is 6.92 Å². The number of hydrogen-bond donors (Lipinski definition) is 1. The van der Waals surface area contributed by atoms with Gasteiger partial charge >= 0.3 is 0 Å². The van der Waals surface area contributed by atoms with E-state index in [-0.39, 0.29) is 0 Å². The normalized spacial score (nSPS) is 19.6. The average molecular weight is 350 g/mol. The van der Waals surface area contributed by atoms with E-state index in [1.165, 1.54) is 39.7 Å². The van der Waals surface area contributed by atoms with Crippen molar-refractivity contribution in [2.75, 3.05) is 0 Å². The summed E-state index contributed by atoms with van der Waals surface area (Å²) in [4.78, 5) is 1.55. The fourth-order valence-electron chi connectivity index (χ4n) is 3.16. The summed E-state index contributed by atoms with van der Waals surface area (Å²) in [5.41, 5.74) is 4.29. The third-order valence-corrected chi connectivity index (χ3v) is 5.90. The molecule has 0 amide bonds. The van der Waals surface area contributed by atoms with Gasteiger partial charge in [-0.3, -0.25) is 0 Å². The highest BCUT2D eigenvalue weighted by Gasteiger charge is 2.24. The van der Waals surface area contributed by atoms with Gasteiger partial charge in [0, 0.05) is 17.0 Å². The van der Waals surface area contributed by atoms with Crippen LogP contribution in [-0.2, 0) is 6.42 Å². The molecule has 1 unspecified atom stereocenters. The maximum Gasteiger partial charge on any atom is 0.0704 e. The first-order valence-electron chi connectivity index (χ1n) is 7.25. The summed E-state index contributed by atoms with van der Waals surface area (Å²) in [6.07, 6.45) is 3.77. The fraction of sp³-hybridized carbons (Fsp3) is 0.412. The summed E-state index contributed by atoms with van der Waals surface area (Å²) < 4.78 is 1.26. The Balaban J connectivity index is 1.80. The van der Waals surface area contributed by atoms with E-state index in [9.17, 15) is 0 Å². The van der Waals surface area contributed by atoms with Crippen molar-refractivity contribution in [1.29, 1.82) is 0 Å². The molecule has 2 aromatic rings. The minimum atomic E-state index is 0.394. The highest BCUT2D eigenvalue weighted by Crippen LogP contribution is 2.39. The summed E-state index contributed by atoms with van der Waals surface area (Å²) in [5.74, 6) is 0. The van der Waals surface area contributed by atoms with Crippen LogP contribution in [0.2, 0.25) is 0 Å². The molecule has 1 aliphatic carbocycles. The number of fused-ring (bicyclic) bond motifs is 1. The Bertz CT molecular complexity index is 605. The van der Waals surface area contributed by atoms with E-state index in [2.05, 4.69) is 65.4 Å². The second-order valence-corrected chi connectivity index (χ2v) is 8.13. The molecule has 1 nitrogen and oxygen atoms in total. The summed E-state index contributed by atoms with van der Waals surface area (Å²) >= 11 is 5.53. The second-order valence-electron chi connectivity index (χ2n) is 5.62. The second kappa shape index (κ2) is 6.00. The monoisotopic (exact) mass is 349 g/mol. The van der Waals surface area contributed by atoms with E-state index in [1.807, 2.05) is 11.3 Å². The third kappa shape index (κ3) is 2.85. The van der Waals surface area contributed by atoms with Gasteiger partial charge in [0.2, 0.25) is 0 Å². The first-order valence-corrected chi connectivity index (χ1v) is 8.86. The van der Waals surface area contributed by atoms with Gasteiger partial charge in [-0.15, -0.1) is 11.3 Å². The summed E-state index contributed by atoms with van der Waals surface area (Å²) in [5, 5.41) is 3.83. The van der Waals surface area contributed by atoms with Gasteiger partial charge in [0.1, 0.15) is 0 Å². The predicted octanol–water partition coefficient (Wildman–Crippen LogP) is 5.55. The van der Waals surface area contributed by atoms with Crippen LogP contribution in [0.15, 0.2) is 34.1 Å². The topological polar surface area (TPSA) is 12.0 Å². The van der Waals surface area contributed by atoms with Crippen molar-refractivity contribution < 1.29 is 0 Å². The number of rotatable bonds is 3. The SMILES string of the molecule is Cc1ccccc1[C@H](C)NC1CCCc2sc(Br)cc21. The lowest BCUT2D eigenvalue weighted by atomic mass is 9.92. The molecule has 1 N–H and O–H groups in total. The van der Waals surface area contributed by atoms with Crippen LogP contribution in [0.25, 0.3) is 0 Å². The molecule has 3 rings (SSSR count). The van der Waals surface area contributed by atoms with Gasteiger partial charge in [0.05, 0.1) is 3.79 Å². The van der Waals surface area contributed by atoms with E-state index >= 15 is 0 Å². The smallest absolute Gasteiger partial charge is 0.0704 e. The molecule has 0 radical (unpaired) electrons. The molecule has 2 atom stereocenters. The van der Waals surface area contributed by atoms with Gasteiger partial charge in [0.25, 0.3) is 0 Å². The molecular formula is C17H20BrNS. The van der Waals surface area contributed by atoms with Crippen molar-refractivity contribution in [3.05, 3.63) is 55.7 Å². The lowest BCUT2D eigenvalue weighted by Gasteiger charge is -2.28. The summed E-state index contributed by atoms with van der Waals surface area (Å²) in [7, 11) is 0. The molecule has 106 valence electrons. The highest BCUT2D eigenvalue weighted by atomic mass is 79.9. The highest BCUT2D eigenvalue weighted by molar-refractivity contribution is 9.11. The standard InChI is InChI=1S/C17H20BrNS/c1-11-6-3-4-7-13(11)12(2)19-15-8-5-9-16-14(15)10-17(18)20-16/h3-4,6-7,10,12,15,19H,5,8-9H2,1-2H3/t12-,15?/m0/s1. The van der Waals surface area contributed by atoms with Crippen molar-refractivity contribution in [3.63, 3.8) is 0 Å². The molecule has 3 heteroatoms. The third-order valence-electron chi connectivity index (χ3n) is 4.19. The van der Waals surface area contributed by atoms with Crippen LogP contribution in [-0.4, -0.2) is 0 Å². The molecule has 0 fully saturated rings. The van der Waals surface area contributed by atoms with E-state index in [0.29, 0.717) is 12.1 Å². The largest absolute Gasteiger partial charge is 0.303 e. The number of halogens is 1. The number of aryl methyl sites for hydroxylation is 2. The van der Waals surface area contributed by atoms with E-state index < -0.39 is 0 Å². The fourth-order valence-corrected chi connectivity index (χ4v) is 4.98. The lowest BCUT2D eigenvalue weighted by molar-refractivity contribution is 0.417. The van der Waals surface area contributed by atoms with Crippen molar-refractivity contribution in [1.82, 2.24) is 5.32 Å². The van der Waals surface area contributed by atoms with Gasteiger partial charge in [-0.2, -0.15) is 0 Å². The van der Waals surface area contributed by atoms with Crippen LogP contribution in [0.3, 0.4) is 0 Å². The predicted molar refractivity (Wildman–Crippen MR) is 90.4 cm³/mol. The molecule has 1 aromatic carbocycles. The van der Waals surface area contributed by atoms with Crippen LogP contribution in [0.1, 0.15) is 53.4 Å². The van der Waals surface area contributed by atoms with Crippen LogP contribution < -0.4 is 5.32 Å². The number of benzene rings is 1. The van der Waals surface area contributed by atoms with Gasteiger partial charge in [-0.1, -0.05) is 24.3 Å². The Hall–Kier alpha value is -0.640. The van der Waals surface area contributed by atoms with E-state index in [1.54, 1.807) is 4.88 Å². The van der Waals surface area contributed by atoms with E-state index in [0.717, 1.165) is 0 Å². The maximum absolute atomic E-state index is 3.83. The van der Waals surface area contributed by atoms with Gasteiger partial charge in [0.15, 0.2) is 0 Å². The zero-order chi connectivity index (χ0) is 14.1. The molecule has 0 saturated carbocycles. The van der Waals surface area contributed by atoms with Gasteiger partial charge < -0.3 is 5.32 Å². The van der Waals surface area contributed by atoms with E-state index in [4.69, 9.17) is 0 Å². The quantitative estimate of drug-likeness (QED) is 0.766. The number of thiophene rings is 1. The minimum Gasteiger partial charge on any atom is -0.303 e. The Labute approximate surface area is 133 Å². The molecule has 0 saturated heterocycles. The van der Waals surface area contributed by atoms with Crippen LogP contribution in [0.4, 0.5) is 0 Å². The molecule has 20 heavy (non-hydrogen) atoms. The molecule has 0 bridgehead atoms. The van der Waals surface area contributed by atoms with Crippen LogP contribution >= 0.6 is 27.3 Å². The first kappa shape index (κ1) is 14.3. The molecule has 1 aliphatic rings. The Morgan fingerprint density at radius 1 is 1.35 bits per heavy atom. The number of hydrogen-bond acceptors (Lipinski definition) is 2. The van der Waals surface area contributed by atoms with Crippen molar-refractivity contribution in [2.45, 2.75) is 45.2 Å². The maximum atomic E-state index is 3.83. The Morgan fingerprint density at radius 3 is 2.95 bits per heavy atom. The summed E-state index contributed by atoms with van der Waals surface area (Å²) in [6.45, 7) is 4.47. The van der Waals surface area contributed by atoms with Gasteiger partial charge in [-0.05, 0) is 71.8 Å². The Morgan fingerprint density at radius 2 is 2.15 bits per heavy atom. The lowest BCUT2D eigenvalue weighted by Crippen LogP contribution is -2.27. The zero-order valence-electron chi connectivity index (χ0n) is 11.9. The van der Waals surface area contributed by atoms with Crippen molar-refractivity contribution in [3.8, 4) is 0 Å².